The van der Waals surface area contributed by atoms with Crippen molar-refractivity contribution in [1.29, 1.82) is 0 Å². The van der Waals surface area contributed by atoms with Crippen molar-refractivity contribution in [3.63, 3.8) is 0 Å². The van der Waals surface area contributed by atoms with Crippen LogP contribution < -0.4 is 4.74 Å². The van der Waals surface area contributed by atoms with E-state index in [1.54, 1.807) is 13.2 Å². The van der Waals surface area contributed by atoms with Gasteiger partial charge in [0.2, 0.25) is 5.89 Å². The molecule has 0 unspecified atom stereocenters. The second kappa shape index (κ2) is 7.14. The first-order chi connectivity index (χ1) is 11.2. The highest BCUT2D eigenvalue weighted by Gasteiger charge is 2.13. The highest BCUT2D eigenvalue weighted by Crippen LogP contribution is 2.31. The standard InChI is InChI=1S/C16H12BrFN2O2S/c1-21-14-7-6-11(18)8-10(14)9-23-16-20-19-15(22-16)12-4-2-3-5-13(12)17/h2-8H,9H2,1H3. The van der Waals surface area contributed by atoms with Gasteiger partial charge in [-0.3, -0.25) is 0 Å². The van der Waals surface area contributed by atoms with Crippen molar-refractivity contribution >= 4 is 27.7 Å². The van der Waals surface area contributed by atoms with Gasteiger partial charge in [-0.05, 0) is 46.3 Å². The van der Waals surface area contributed by atoms with Crippen LogP contribution in [-0.2, 0) is 5.75 Å². The molecule has 2 aromatic carbocycles. The summed E-state index contributed by atoms with van der Waals surface area (Å²) in [6.07, 6.45) is 0. The summed E-state index contributed by atoms with van der Waals surface area (Å²) >= 11 is 4.78. The average Bonchev–Trinajstić information content (AvgIpc) is 3.02. The minimum Gasteiger partial charge on any atom is -0.496 e. The minimum absolute atomic E-state index is 0.305. The average molecular weight is 395 g/mol. The Hall–Kier alpha value is -1.86. The van der Waals surface area contributed by atoms with Gasteiger partial charge in [0.05, 0.1) is 12.7 Å². The van der Waals surface area contributed by atoms with Crippen LogP contribution in [0.4, 0.5) is 4.39 Å². The van der Waals surface area contributed by atoms with Crippen molar-refractivity contribution in [2.24, 2.45) is 0 Å². The Labute approximate surface area is 145 Å². The number of thioether (sulfide) groups is 1. The normalized spacial score (nSPS) is 10.7. The number of rotatable bonds is 5. The van der Waals surface area contributed by atoms with Gasteiger partial charge in [0.15, 0.2) is 0 Å². The summed E-state index contributed by atoms with van der Waals surface area (Å²) in [6, 6.07) is 12.0. The van der Waals surface area contributed by atoms with Crippen LogP contribution in [0, 0.1) is 5.82 Å². The van der Waals surface area contributed by atoms with Gasteiger partial charge in [-0.2, -0.15) is 0 Å². The molecule has 0 amide bonds. The van der Waals surface area contributed by atoms with Crippen molar-refractivity contribution in [1.82, 2.24) is 10.2 Å². The quantitative estimate of drug-likeness (QED) is 0.573. The van der Waals surface area contributed by atoms with Gasteiger partial charge in [0, 0.05) is 15.8 Å². The van der Waals surface area contributed by atoms with E-state index in [2.05, 4.69) is 26.1 Å². The molecule has 7 heteroatoms. The summed E-state index contributed by atoms with van der Waals surface area (Å²) in [6.45, 7) is 0. The molecule has 4 nitrogen and oxygen atoms in total. The maximum Gasteiger partial charge on any atom is 0.277 e. The fourth-order valence-electron chi connectivity index (χ4n) is 2.01. The summed E-state index contributed by atoms with van der Waals surface area (Å²) in [7, 11) is 1.55. The largest absolute Gasteiger partial charge is 0.496 e. The zero-order valence-corrected chi connectivity index (χ0v) is 14.5. The fraction of sp³-hybridized carbons (Fsp3) is 0.125. The summed E-state index contributed by atoms with van der Waals surface area (Å²) in [5.41, 5.74) is 1.56. The Morgan fingerprint density at radius 2 is 2.04 bits per heavy atom. The van der Waals surface area contributed by atoms with Crippen molar-refractivity contribution in [3.8, 4) is 17.2 Å². The maximum absolute atomic E-state index is 13.4. The second-order valence-corrected chi connectivity index (χ2v) is 6.38. The zero-order valence-electron chi connectivity index (χ0n) is 12.1. The van der Waals surface area contributed by atoms with E-state index in [4.69, 9.17) is 9.15 Å². The van der Waals surface area contributed by atoms with E-state index >= 15 is 0 Å². The molecule has 0 aliphatic heterocycles. The fourth-order valence-corrected chi connectivity index (χ4v) is 3.21. The minimum atomic E-state index is -0.305. The van der Waals surface area contributed by atoms with Crippen LogP contribution in [0.1, 0.15) is 5.56 Å². The lowest BCUT2D eigenvalue weighted by Gasteiger charge is -2.06. The summed E-state index contributed by atoms with van der Waals surface area (Å²) in [5.74, 6) is 1.23. The number of aromatic nitrogens is 2. The molecule has 0 aliphatic carbocycles. The number of hydrogen-bond donors (Lipinski definition) is 0. The molecular weight excluding hydrogens is 383 g/mol. The third-order valence-electron chi connectivity index (χ3n) is 3.10. The number of hydrogen-bond acceptors (Lipinski definition) is 5. The summed E-state index contributed by atoms with van der Waals surface area (Å²) < 4.78 is 25.1. The third-order valence-corrected chi connectivity index (χ3v) is 4.66. The van der Waals surface area contributed by atoms with Gasteiger partial charge in [0.25, 0.3) is 5.22 Å². The molecule has 118 valence electrons. The van der Waals surface area contributed by atoms with Gasteiger partial charge in [0.1, 0.15) is 11.6 Å². The van der Waals surface area contributed by atoms with Crippen LogP contribution in [0.2, 0.25) is 0 Å². The van der Waals surface area contributed by atoms with Crippen molar-refractivity contribution < 1.29 is 13.5 Å². The molecule has 0 fully saturated rings. The highest BCUT2D eigenvalue weighted by atomic mass is 79.9. The smallest absolute Gasteiger partial charge is 0.277 e. The number of methoxy groups -OCH3 is 1. The van der Waals surface area contributed by atoms with Crippen LogP contribution in [0.5, 0.6) is 5.75 Å². The third kappa shape index (κ3) is 3.73. The van der Waals surface area contributed by atoms with Crippen LogP contribution in [0.3, 0.4) is 0 Å². The van der Waals surface area contributed by atoms with Crippen LogP contribution in [0.25, 0.3) is 11.5 Å². The molecule has 1 aromatic heterocycles. The van der Waals surface area contributed by atoms with Crippen LogP contribution >= 0.6 is 27.7 Å². The Balaban J connectivity index is 1.76. The predicted octanol–water partition coefficient (Wildman–Crippen LogP) is 4.94. The van der Waals surface area contributed by atoms with Gasteiger partial charge >= 0.3 is 0 Å². The molecule has 0 aliphatic rings. The highest BCUT2D eigenvalue weighted by molar-refractivity contribution is 9.10. The summed E-state index contributed by atoms with van der Waals surface area (Å²) in [4.78, 5) is 0. The Morgan fingerprint density at radius 1 is 1.22 bits per heavy atom. The zero-order chi connectivity index (χ0) is 16.2. The van der Waals surface area contributed by atoms with Gasteiger partial charge in [-0.15, -0.1) is 10.2 Å². The molecule has 1 heterocycles. The molecule has 0 atom stereocenters. The predicted molar refractivity (Wildman–Crippen MR) is 89.9 cm³/mol. The number of benzene rings is 2. The van der Waals surface area contributed by atoms with Gasteiger partial charge in [-0.25, -0.2) is 4.39 Å². The van der Waals surface area contributed by atoms with Gasteiger partial charge < -0.3 is 9.15 Å². The van der Waals surface area contributed by atoms with E-state index in [1.807, 2.05) is 24.3 Å². The molecule has 0 bridgehead atoms. The van der Waals surface area contributed by atoms with E-state index in [1.165, 1.54) is 23.9 Å². The Morgan fingerprint density at radius 3 is 2.83 bits per heavy atom. The molecule has 3 aromatic rings. The SMILES string of the molecule is COc1ccc(F)cc1CSc1nnc(-c2ccccc2Br)o1. The van der Waals surface area contributed by atoms with E-state index in [0.29, 0.717) is 22.6 Å². The maximum atomic E-state index is 13.4. The van der Waals surface area contributed by atoms with Crippen molar-refractivity contribution in [2.75, 3.05) is 7.11 Å². The summed E-state index contributed by atoms with van der Waals surface area (Å²) in [5, 5.41) is 8.48. The Bertz CT molecular complexity index is 825. The van der Waals surface area contributed by atoms with Gasteiger partial charge in [-0.1, -0.05) is 23.9 Å². The lowest BCUT2D eigenvalue weighted by atomic mass is 10.2. The number of nitrogens with zero attached hydrogens (tertiary/aromatic N) is 2. The molecule has 0 N–H and O–H groups in total. The van der Waals surface area contributed by atoms with Crippen LogP contribution in [-0.4, -0.2) is 17.3 Å². The molecule has 0 radical (unpaired) electrons. The van der Waals surface area contributed by atoms with E-state index in [-0.39, 0.29) is 5.82 Å². The van der Waals surface area contributed by atoms with Crippen LogP contribution in [0.15, 0.2) is 56.6 Å². The van der Waals surface area contributed by atoms with E-state index in [9.17, 15) is 4.39 Å². The molecule has 23 heavy (non-hydrogen) atoms. The topological polar surface area (TPSA) is 48.2 Å². The molecule has 0 spiro atoms. The molecule has 3 rings (SSSR count). The second-order valence-electron chi connectivity index (χ2n) is 4.60. The van der Waals surface area contributed by atoms with Crippen molar-refractivity contribution in [3.05, 3.63) is 58.3 Å². The number of ether oxygens (including phenoxy) is 1. The molecule has 0 saturated heterocycles. The van der Waals surface area contributed by atoms with E-state index in [0.717, 1.165) is 15.6 Å². The molecule has 0 saturated carbocycles. The molecular formula is C16H12BrFN2O2S. The lowest BCUT2D eigenvalue weighted by molar-refractivity contribution is 0.410. The first-order valence-electron chi connectivity index (χ1n) is 6.71. The van der Waals surface area contributed by atoms with Crippen molar-refractivity contribution in [2.45, 2.75) is 11.0 Å². The first kappa shape index (κ1) is 16.0. The Kier molecular flexibility index (Phi) is 4.97. The monoisotopic (exact) mass is 394 g/mol. The lowest BCUT2D eigenvalue weighted by Crippen LogP contribution is -1.91. The van der Waals surface area contributed by atoms with E-state index < -0.39 is 0 Å². The number of halogens is 2. The first-order valence-corrected chi connectivity index (χ1v) is 8.49.